The maximum Gasteiger partial charge on any atom is 0.176 e. The molecule has 0 amide bonds. The van der Waals surface area contributed by atoms with Gasteiger partial charge in [0.15, 0.2) is 24.7 Å². The Balaban J connectivity index is 1.94. The summed E-state index contributed by atoms with van der Waals surface area (Å²) < 4.78 is 13.3. The van der Waals surface area contributed by atoms with Gasteiger partial charge < -0.3 is 9.47 Å². The van der Waals surface area contributed by atoms with E-state index in [9.17, 15) is 0 Å². The summed E-state index contributed by atoms with van der Waals surface area (Å²) in [5.74, 6) is -0.417. The van der Waals surface area contributed by atoms with E-state index in [4.69, 9.17) is 9.47 Å². The van der Waals surface area contributed by atoms with Crippen LogP contribution in [0.3, 0.4) is 0 Å². The molecule has 2 rings (SSSR count). The van der Waals surface area contributed by atoms with Gasteiger partial charge in [0.05, 0.1) is 6.61 Å². The lowest BCUT2D eigenvalue weighted by Crippen LogP contribution is -2.40. The number of pyridine rings is 1. The summed E-state index contributed by atoms with van der Waals surface area (Å²) in [7, 11) is 0. The van der Waals surface area contributed by atoms with E-state index in [0.29, 0.717) is 6.61 Å². The molecule has 0 bridgehead atoms. The van der Waals surface area contributed by atoms with Gasteiger partial charge in [0.2, 0.25) is 0 Å². The van der Waals surface area contributed by atoms with E-state index in [1.54, 1.807) is 0 Å². The second-order valence-corrected chi connectivity index (χ2v) is 4.02. The molecule has 1 atom stereocenters. The van der Waals surface area contributed by atoms with E-state index in [-0.39, 0.29) is 6.10 Å². The van der Waals surface area contributed by atoms with Crippen molar-refractivity contribution < 1.29 is 14.0 Å². The highest BCUT2D eigenvalue weighted by atomic mass is 16.7. The summed E-state index contributed by atoms with van der Waals surface area (Å²) in [4.78, 5) is 0. The van der Waals surface area contributed by atoms with E-state index in [2.05, 4.69) is 4.57 Å². The van der Waals surface area contributed by atoms with Crippen LogP contribution in [0.1, 0.15) is 13.8 Å². The third-order valence-electron chi connectivity index (χ3n) is 2.26. The first-order chi connectivity index (χ1) is 6.66. The van der Waals surface area contributed by atoms with Gasteiger partial charge in [-0.1, -0.05) is 6.07 Å². The Hall–Kier alpha value is -0.930. The van der Waals surface area contributed by atoms with Crippen LogP contribution in [0.15, 0.2) is 30.6 Å². The van der Waals surface area contributed by atoms with Crippen LogP contribution < -0.4 is 4.57 Å². The third kappa shape index (κ3) is 2.30. The van der Waals surface area contributed by atoms with Gasteiger partial charge in [0, 0.05) is 12.1 Å². The van der Waals surface area contributed by atoms with E-state index >= 15 is 0 Å². The molecule has 1 aromatic rings. The Morgan fingerprint density at radius 3 is 2.57 bits per heavy atom. The second kappa shape index (κ2) is 3.67. The topological polar surface area (TPSA) is 22.3 Å². The number of hydrogen-bond donors (Lipinski definition) is 0. The van der Waals surface area contributed by atoms with Crippen molar-refractivity contribution in [1.82, 2.24) is 0 Å². The fraction of sp³-hybridized carbons (Fsp3) is 0.545. The van der Waals surface area contributed by atoms with Crippen LogP contribution in [0.2, 0.25) is 0 Å². The van der Waals surface area contributed by atoms with Crippen LogP contribution in [-0.2, 0) is 16.0 Å². The molecule has 3 nitrogen and oxygen atoms in total. The van der Waals surface area contributed by atoms with Crippen LogP contribution in [0.4, 0.5) is 0 Å². The molecule has 0 aliphatic carbocycles. The maximum absolute atomic E-state index is 5.71. The minimum absolute atomic E-state index is 0.164. The van der Waals surface area contributed by atoms with Crippen LogP contribution in [0.5, 0.6) is 0 Å². The monoisotopic (exact) mass is 194 g/mol. The standard InChI is InChI=1S/C11H16NO2/c1-11(2)13-9-10(14-11)8-12-6-4-3-5-7-12/h3-7,10H,8-9H2,1-2H3/q+1. The predicted molar refractivity (Wildman–Crippen MR) is 51.5 cm³/mol. The molecule has 2 heterocycles. The number of nitrogens with zero attached hydrogens (tertiary/aromatic N) is 1. The Labute approximate surface area is 84.3 Å². The van der Waals surface area contributed by atoms with Crippen molar-refractivity contribution in [2.75, 3.05) is 6.61 Å². The van der Waals surface area contributed by atoms with Crippen molar-refractivity contribution in [3.05, 3.63) is 30.6 Å². The number of rotatable bonds is 2. The van der Waals surface area contributed by atoms with Gasteiger partial charge in [-0.2, -0.15) is 0 Å². The fourth-order valence-corrected chi connectivity index (χ4v) is 1.64. The molecule has 1 aliphatic heterocycles. The van der Waals surface area contributed by atoms with Crippen molar-refractivity contribution in [1.29, 1.82) is 0 Å². The van der Waals surface area contributed by atoms with Gasteiger partial charge in [-0.15, -0.1) is 0 Å². The molecule has 14 heavy (non-hydrogen) atoms. The Morgan fingerprint density at radius 1 is 1.29 bits per heavy atom. The SMILES string of the molecule is CC1(C)OCC(C[n+]2ccccc2)O1. The number of aromatic nitrogens is 1. The van der Waals surface area contributed by atoms with Crippen LogP contribution in [-0.4, -0.2) is 18.5 Å². The van der Waals surface area contributed by atoms with Crippen molar-refractivity contribution in [2.24, 2.45) is 0 Å². The van der Waals surface area contributed by atoms with Gasteiger partial charge in [-0.3, -0.25) is 0 Å². The second-order valence-electron chi connectivity index (χ2n) is 4.02. The molecule has 1 aromatic heterocycles. The molecule has 76 valence electrons. The minimum Gasteiger partial charge on any atom is -0.348 e. The lowest BCUT2D eigenvalue weighted by atomic mass is 10.3. The highest BCUT2D eigenvalue weighted by Crippen LogP contribution is 2.21. The van der Waals surface area contributed by atoms with Gasteiger partial charge >= 0.3 is 0 Å². The first-order valence-electron chi connectivity index (χ1n) is 4.92. The Morgan fingerprint density at radius 2 is 2.00 bits per heavy atom. The highest BCUT2D eigenvalue weighted by Gasteiger charge is 2.34. The summed E-state index contributed by atoms with van der Waals surface area (Å²) in [5.41, 5.74) is 0. The fourth-order valence-electron chi connectivity index (χ4n) is 1.64. The van der Waals surface area contributed by atoms with Gasteiger partial charge in [0.25, 0.3) is 0 Å². The summed E-state index contributed by atoms with van der Waals surface area (Å²) in [6.07, 6.45) is 4.24. The maximum atomic E-state index is 5.71. The largest absolute Gasteiger partial charge is 0.348 e. The normalized spacial score (nSPS) is 25.1. The molecule has 1 unspecified atom stereocenters. The molecule has 0 N–H and O–H groups in total. The molecule has 0 radical (unpaired) electrons. The summed E-state index contributed by atoms with van der Waals surface area (Å²) in [6, 6.07) is 6.04. The molecule has 1 saturated heterocycles. The lowest BCUT2D eigenvalue weighted by molar-refractivity contribution is -0.703. The molecular formula is C11H16NO2+. The average molecular weight is 194 g/mol. The van der Waals surface area contributed by atoms with Crippen LogP contribution in [0.25, 0.3) is 0 Å². The van der Waals surface area contributed by atoms with E-state index in [1.165, 1.54) is 0 Å². The third-order valence-corrected chi connectivity index (χ3v) is 2.26. The first kappa shape index (κ1) is 9.62. The van der Waals surface area contributed by atoms with Crippen LogP contribution >= 0.6 is 0 Å². The first-order valence-corrected chi connectivity index (χ1v) is 4.92. The quantitative estimate of drug-likeness (QED) is 0.658. The zero-order chi connectivity index (χ0) is 10.0. The number of ether oxygens (including phenoxy) is 2. The zero-order valence-corrected chi connectivity index (χ0v) is 8.64. The highest BCUT2D eigenvalue weighted by molar-refractivity contribution is 4.83. The molecule has 3 heteroatoms. The lowest BCUT2D eigenvalue weighted by Gasteiger charge is -2.15. The molecule has 0 aromatic carbocycles. The van der Waals surface area contributed by atoms with Crippen molar-refractivity contribution in [3.63, 3.8) is 0 Å². The summed E-state index contributed by atoms with van der Waals surface area (Å²) in [6.45, 7) is 5.42. The predicted octanol–water partition coefficient (Wildman–Crippen LogP) is 1.13. The smallest absolute Gasteiger partial charge is 0.176 e. The van der Waals surface area contributed by atoms with Gasteiger partial charge in [0.1, 0.15) is 6.10 Å². The summed E-state index contributed by atoms with van der Waals surface area (Å²) in [5, 5.41) is 0. The summed E-state index contributed by atoms with van der Waals surface area (Å²) >= 11 is 0. The zero-order valence-electron chi connectivity index (χ0n) is 8.64. The minimum atomic E-state index is -0.417. The van der Waals surface area contributed by atoms with E-state index in [1.807, 2.05) is 44.4 Å². The van der Waals surface area contributed by atoms with Crippen LogP contribution in [0, 0.1) is 0 Å². The van der Waals surface area contributed by atoms with Gasteiger partial charge in [-0.25, -0.2) is 4.57 Å². The number of hydrogen-bond acceptors (Lipinski definition) is 2. The molecular weight excluding hydrogens is 178 g/mol. The Bertz CT molecular complexity index is 297. The molecule has 0 saturated carbocycles. The van der Waals surface area contributed by atoms with E-state index in [0.717, 1.165) is 6.54 Å². The van der Waals surface area contributed by atoms with Gasteiger partial charge in [-0.05, 0) is 13.8 Å². The average Bonchev–Trinajstić information content (AvgIpc) is 2.47. The molecule has 1 fully saturated rings. The van der Waals surface area contributed by atoms with Crippen molar-refractivity contribution in [3.8, 4) is 0 Å². The van der Waals surface area contributed by atoms with Crippen molar-refractivity contribution in [2.45, 2.75) is 32.3 Å². The van der Waals surface area contributed by atoms with E-state index < -0.39 is 5.79 Å². The van der Waals surface area contributed by atoms with Crippen molar-refractivity contribution >= 4 is 0 Å². The molecule has 0 spiro atoms. The molecule has 1 aliphatic rings. The Kier molecular flexibility index (Phi) is 2.52.